The van der Waals surface area contributed by atoms with Crippen molar-refractivity contribution in [3.05, 3.63) is 56.7 Å². The van der Waals surface area contributed by atoms with Crippen LogP contribution < -0.4 is 5.32 Å². The molecular formula is C13H10Br2N2O. The Balaban J connectivity index is 2.24. The van der Waals surface area contributed by atoms with Crippen molar-refractivity contribution in [1.82, 2.24) is 4.98 Å². The molecule has 0 unspecified atom stereocenters. The summed E-state index contributed by atoms with van der Waals surface area (Å²) in [5, 5.41) is 2.81. The van der Waals surface area contributed by atoms with E-state index in [1.807, 2.05) is 25.1 Å². The molecule has 0 saturated carbocycles. The van der Waals surface area contributed by atoms with E-state index in [1.165, 1.54) is 0 Å². The number of hydrogen-bond acceptors (Lipinski definition) is 2. The van der Waals surface area contributed by atoms with E-state index < -0.39 is 0 Å². The molecule has 0 aliphatic rings. The van der Waals surface area contributed by atoms with Gasteiger partial charge in [0.2, 0.25) is 0 Å². The van der Waals surface area contributed by atoms with Crippen LogP contribution in [0, 0.1) is 6.92 Å². The Morgan fingerprint density at radius 2 is 2.00 bits per heavy atom. The molecular weight excluding hydrogens is 360 g/mol. The molecule has 1 aromatic heterocycles. The van der Waals surface area contributed by atoms with Gasteiger partial charge in [-0.25, -0.2) is 0 Å². The summed E-state index contributed by atoms with van der Waals surface area (Å²) in [6, 6.07) is 7.34. The second kappa shape index (κ2) is 5.63. The van der Waals surface area contributed by atoms with Crippen molar-refractivity contribution in [3.8, 4) is 0 Å². The molecule has 2 aromatic rings. The molecule has 0 fully saturated rings. The highest BCUT2D eigenvalue weighted by molar-refractivity contribution is 9.11. The number of hydrogen-bond donors (Lipinski definition) is 1. The molecule has 5 heteroatoms. The predicted octanol–water partition coefficient (Wildman–Crippen LogP) is 4.17. The van der Waals surface area contributed by atoms with Crippen LogP contribution in [0.4, 0.5) is 5.69 Å². The van der Waals surface area contributed by atoms with E-state index >= 15 is 0 Å². The maximum atomic E-state index is 12.1. The van der Waals surface area contributed by atoms with Gasteiger partial charge >= 0.3 is 0 Å². The number of rotatable bonds is 2. The van der Waals surface area contributed by atoms with Gasteiger partial charge in [0.25, 0.3) is 5.91 Å². The standard InChI is InChI=1S/C13H10Br2N2O/c1-8-4-10(7-16-6-8)17-13(18)11-5-9(14)2-3-12(11)15/h2-7H,1H3,(H,17,18). The number of aromatic nitrogens is 1. The van der Waals surface area contributed by atoms with Crippen molar-refractivity contribution in [3.63, 3.8) is 0 Å². The largest absolute Gasteiger partial charge is 0.321 e. The number of pyridine rings is 1. The Bertz CT molecular complexity index is 599. The van der Waals surface area contributed by atoms with Crippen LogP contribution in [0.1, 0.15) is 15.9 Å². The quantitative estimate of drug-likeness (QED) is 0.863. The van der Waals surface area contributed by atoms with Gasteiger partial charge in [-0.2, -0.15) is 0 Å². The summed E-state index contributed by atoms with van der Waals surface area (Å²) in [6.07, 6.45) is 3.36. The summed E-state index contributed by atoms with van der Waals surface area (Å²) >= 11 is 6.71. The number of carbonyl (C=O) groups excluding carboxylic acids is 1. The summed E-state index contributed by atoms with van der Waals surface area (Å²) in [5.41, 5.74) is 2.26. The summed E-state index contributed by atoms with van der Waals surface area (Å²) in [6.45, 7) is 1.93. The molecule has 0 radical (unpaired) electrons. The molecule has 0 atom stereocenters. The average Bonchev–Trinajstić information content (AvgIpc) is 2.32. The Labute approximate surface area is 122 Å². The SMILES string of the molecule is Cc1cncc(NC(=O)c2cc(Br)ccc2Br)c1. The van der Waals surface area contributed by atoms with Gasteiger partial charge in [-0.15, -0.1) is 0 Å². The second-order valence-electron chi connectivity index (χ2n) is 3.83. The topological polar surface area (TPSA) is 42.0 Å². The first-order valence-electron chi connectivity index (χ1n) is 5.24. The molecule has 1 aromatic carbocycles. The molecule has 18 heavy (non-hydrogen) atoms. The molecule has 3 nitrogen and oxygen atoms in total. The van der Waals surface area contributed by atoms with Gasteiger partial charge < -0.3 is 5.32 Å². The first-order chi connectivity index (χ1) is 8.56. The van der Waals surface area contributed by atoms with Gasteiger partial charge in [0, 0.05) is 15.1 Å². The number of halogens is 2. The molecule has 1 amide bonds. The van der Waals surface area contributed by atoms with E-state index in [-0.39, 0.29) is 5.91 Å². The molecule has 2 rings (SSSR count). The number of aryl methyl sites for hydroxylation is 1. The summed E-state index contributed by atoms with van der Waals surface area (Å²) in [5.74, 6) is -0.171. The molecule has 0 aliphatic carbocycles. The molecule has 0 bridgehead atoms. The summed E-state index contributed by atoms with van der Waals surface area (Å²) in [4.78, 5) is 16.1. The average molecular weight is 370 g/mol. The van der Waals surface area contributed by atoms with Crippen molar-refractivity contribution < 1.29 is 4.79 Å². The highest BCUT2D eigenvalue weighted by Crippen LogP contribution is 2.22. The van der Waals surface area contributed by atoms with Crippen LogP contribution in [0.5, 0.6) is 0 Å². The van der Waals surface area contributed by atoms with Crippen molar-refractivity contribution in [2.24, 2.45) is 0 Å². The van der Waals surface area contributed by atoms with Crippen molar-refractivity contribution in [2.45, 2.75) is 6.92 Å². The van der Waals surface area contributed by atoms with Crippen LogP contribution in [-0.4, -0.2) is 10.9 Å². The van der Waals surface area contributed by atoms with E-state index in [9.17, 15) is 4.79 Å². The van der Waals surface area contributed by atoms with E-state index in [2.05, 4.69) is 42.2 Å². The zero-order valence-electron chi connectivity index (χ0n) is 9.58. The van der Waals surface area contributed by atoms with Gasteiger partial charge in [0.05, 0.1) is 17.4 Å². The number of benzene rings is 1. The lowest BCUT2D eigenvalue weighted by atomic mass is 10.2. The van der Waals surface area contributed by atoms with Crippen molar-refractivity contribution in [1.29, 1.82) is 0 Å². The third kappa shape index (κ3) is 3.17. The lowest BCUT2D eigenvalue weighted by molar-refractivity contribution is 0.102. The Morgan fingerprint density at radius 3 is 2.72 bits per heavy atom. The normalized spacial score (nSPS) is 10.2. The van der Waals surface area contributed by atoms with Crippen molar-refractivity contribution >= 4 is 43.5 Å². The van der Waals surface area contributed by atoms with E-state index in [4.69, 9.17) is 0 Å². The lowest BCUT2D eigenvalue weighted by Gasteiger charge is -2.07. The number of amides is 1. The van der Waals surface area contributed by atoms with Crippen LogP contribution in [0.15, 0.2) is 45.6 Å². The highest BCUT2D eigenvalue weighted by atomic mass is 79.9. The lowest BCUT2D eigenvalue weighted by Crippen LogP contribution is -2.12. The molecule has 0 saturated heterocycles. The van der Waals surface area contributed by atoms with Gasteiger partial charge in [-0.3, -0.25) is 9.78 Å². The molecule has 92 valence electrons. The van der Waals surface area contributed by atoms with Crippen LogP contribution in [0.3, 0.4) is 0 Å². The van der Waals surface area contributed by atoms with Gasteiger partial charge in [0.15, 0.2) is 0 Å². The molecule has 1 N–H and O–H groups in total. The van der Waals surface area contributed by atoms with E-state index in [0.29, 0.717) is 11.3 Å². The Hall–Kier alpha value is -1.20. The molecule has 0 aliphatic heterocycles. The third-order valence-electron chi connectivity index (χ3n) is 2.31. The summed E-state index contributed by atoms with van der Waals surface area (Å²) < 4.78 is 1.61. The Morgan fingerprint density at radius 1 is 1.22 bits per heavy atom. The van der Waals surface area contributed by atoms with Gasteiger partial charge in [-0.05, 0) is 52.7 Å². The fourth-order valence-electron chi connectivity index (χ4n) is 1.49. The fourth-order valence-corrected chi connectivity index (χ4v) is 2.28. The number of anilines is 1. The van der Waals surface area contributed by atoms with Gasteiger partial charge in [0.1, 0.15) is 0 Å². The molecule has 0 spiro atoms. The number of nitrogens with zero attached hydrogens (tertiary/aromatic N) is 1. The van der Waals surface area contributed by atoms with Crippen molar-refractivity contribution in [2.75, 3.05) is 5.32 Å². The second-order valence-corrected chi connectivity index (χ2v) is 5.60. The monoisotopic (exact) mass is 368 g/mol. The predicted molar refractivity (Wildman–Crippen MR) is 78.8 cm³/mol. The minimum absolute atomic E-state index is 0.171. The summed E-state index contributed by atoms with van der Waals surface area (Å²) in [7, 11) is 0. The fraction of sp³-hybridized carbons (Fsp3) is 0.0769. The maximum absolute atomic E-state index is 12.1. The highest BCUT2D eigenvalue weighted by Gasteiger charge is 2.10. The maximum Gasteiger partial charge on any atom is 0.256 e. The third-order valence-corrected chi connectivity index (χ3v) is 3.49. The van der Waals surface area contributed by atoms with Crippen LogP contribution in [-0.2, 0) is 0 Å². The Kier molecular flexibility index (Phi) is 4.14. The van der Waals surface area contributed by atoms with Crippen LogP contribution >= 0.6 is 31.9 Å². The number of carbonyl (C=O) groups is 1. The van der Waals surface area contributed by atoms with Crippen LogP contribution in [0.25, 0.3) is 0 Å². The molecule has 1 heterocycles. The first kappa shape index (κ1) is 13.2. The zero-order valence-corrected chi connectivity index (χ0v) is 12.7. The van der Waals surface area contributed by atoms with Gasteiger partial charge in [-0.1, -0.05) is 15.9 Å². The zero-order chi connectivity index (χ0) is 13.1. The smallest absolute Gasteiger partial charge is 0.256 e. The number of nitrogens with one attached hydrogen (secondary N) is 1. The van der Waals surface area contributed by atoms with E-state index in [0.717, 1.165) is 14.5 Å². The minimum atomic E-state index is -0.171. The van der Waals surface area contributed by atoms with Crippen LogP contribution in [0.2, 0.25) is 0 Å². The minimum Gasteiger partial charge on any atom is -0.321 e. The first-order valence-corrected chi connectivity index (χ1v) is 6.83. The van der Waals surface area contributed by atoms with E-state index in [1.54, 1.807) is 18.5 Å².